The van der Waals surface area contributed by atoms with Crippen LogP contribution in [0.25, 0.3) is 0 Å². The normalized spacial score (nSPS) is 11.5. The molecule has 1 atom stereocenters. The number of benzene rings is 2. The summed E-state index contributed by atoms with van der Waals surface area (Å²) in [5.74, 6) is 0.818. The summed E-state index contributed by atoms with van der Waals surface area (Å²) in [5.41, 5.74) is 7.89. The van der Waals surface area contributed by atoms with Crippen molar-refractivity contribution in [2.24, 2.45) is 5.73 Å². The molecule has 2 rings (SSSR count). The molecule has 114 valence electrons. The smallest absolute Gasteiger partial charge is 0.125 e. The maximum absolute atomic E-state index is 9.00. The van der Waals surface area contributed by atoms with Gasteiger partial charge in [0.1, 0.15) is 11.9 Å². The maximum atomic E-state index is 9.00. The van der Waals surface area contributed by atoms with E-state index in [4.69, 9.17) is 15.6 Å². The zero-order chi connectivity index (χ0) is 14.2. The fraction of sp³-hybridized carbons (Fsp3) is 0.294. The number of hydrogen-bond donors (Lipinski definition) is 2. The van der Waals surface area contributed by atoms with Crippen molar-refractivity contribution in [3.63, 3.8) is 0 Å². The molecule has 0 heterocycles. The third-order valence-electron chi connectivity index (χ3n) is 3.18. The van der Waals surface area contributed by atoms with E-state index < -0.39 is 0 Å². The van der Waals surface area contributed by atoms with Crippen molar-refractivity contribution >= 4 is 12.4 Å². The van der Waals surface area contributed by atoms with Crippen LogP contribution in [-0.4, -0.2) is 18.3 Å². The number of hydrogen-bond acceptors (Lipinski definition) is 3. The van der Waals surface area contributed by atoms with Crippen LogP contribution in [0.2, 0.25) is 0 Å². The van der Waals surface area contributed by atoms with Gasteiger partial charge in [0.25, 0.3) is 0 Å². The van der Waals surface area contributed by atoms with E-state index in [1.807, 2.05) is 42.5 Å². The van der Waals surface area contributed by atoms with Crippen LogP contribution in [0, 0.1) is 0 Å². The summed E-state index contributed by atoms with van der Waals surface area (Å²) in [5, 5.41) is 9.00. The lowest BCUT2D eigenvalue weighted by Crippen LogP contribution is -2.13. The Balaban J connectivity index is 0.00000220. The van der Waals surface area contributed by atoms with Gasteiger partial charge in [-0.05, 0) is 36.2 Å². The minimum atomic E-state index is -0.0365. The van der Waals surface area contributed by atoms with Gasteiger partial charge in [0.2, 0.25) is 0 Å². The highest BCUT2D eigenvalue weighted by Gasteiger charge is 2.12. The van der Waals surface area contributed by atoms with Crippen LogP contribution >= 0.6 is 12.4 Å². The van der Waals surface area contributed by atoms with Gasteiger partial charge in [-0.25, -0.2) is 0 Å². The van der Waals surface area contributed by atoms with E-state index in [1.54, 1.807) is 0 Å². The first-order chi connectivity index (χ1) is 9.83. The van der Waals surface area contributed by atoms with Gasteiger partial charge < -0.3 is 15.6 Å². The number of aliphatic hydroxyl groups excluding tert-OH is 1. The number of halogens is 1. The van der Waals surface area contributed by atoms with E-state index in [1.165, 1.54) is 0 Å². The molecule has 0 aliphatic rings. The Morgan fingerprint density at radius 3 is 2.48 bits per heavy atom. The third kappa shape index (κ3) is 5.38. The minimum absolute atomic E-state index is 0. The summed E-state index contributed by atoms with van der Waals surface area (Å²) in [6.45, 7) is 0.726. The number of rotatable bonds is 7. The lowest BCUT2D eigenvalue weighted by molar-refractivity contribution is 0.197. The fourth-order valence-corrected chi connectivity index (χ4v) is 2.18. The van der Waals surface area contributed by atoms with E-state index >= 15 is 0 Å². The lowest BCUT2D eigenvalue weighted by Gasteiger charge is -2.19. The molecule has 4 heteroatoms. The zero-order valence-corrected chi connectivity index (χ0v) is 12.8. The first-order valence-electron chi connectivity index (χ1n) is 6.95. The minimum Gasteiger partial charge on any atom is -0.486 e. The van der Waals surface area contributed by atoms with E-state index in [0.29, 0.717) is 13.0 Å². The van der Waals surface area contributed by atoms with E-state index in [2.05, 4.69) is 12.1 Å². The average Bonchev–Trinajstić information content (AvgIpc) is 2.48. The van der Waals surface area contributed by atoms with Gasteiger partial charge in [-0.1, -0.05) is 42.5 Å². The Morgan fingerprint density at radius 2 is 1.81 bits per heavy atom. The van der Waals surface area contributed by atoms with Gasteiger partial charge in [0.15, 0.2) is 0 Å². The van der Waals surface area contributed by atoms with E-state index in [0.717, 1.165) is 23.3 Å². The number of ether oxygens (including phenoxy) is 1. The van der Waals surface area contributed by atoms with E-state index in [9.17, 15) is 0 Å². The van der Waals surface area contributed by atoms with Crippen LogP contribution in [0.3, 0.4) is 0 Å². The molecule has 0 fully saturated rings. The Kier molecular flexibility index (Phi) is 7.83. The summed E-state index contributed by atoms with van der Waals surface area (Å²) in [7, 11) is 0. The van der Waals surface area contributed by atoms with Gasteiger partial charge in [0.05, 0.1) is 0 Å². The van der Waals surface area contributed by atoms with Crippen molar-refractivity contribution in [1.29, 1.82) is 0 Å². The highest BCUT2D eigenvalue weighted by atomic mass is 35.5. The molecule has 21 heavy (non-hydrogen) atoms. The molecule has 0 spiro atoms. The molecule has 0 aromatic heterocycles. The van der Waals surface area contributed by atoms with Crippen molar-refractivity contribution in [1.82, 2.24) is 0 Å². The summed E-state index contributed by atoms with van der Waals surface area (Å²) in [6.07, 6.45) is 1.38. The summed E-state index contributed by atoms with van der Waals surface area (Å²) >= 11 is 0. The molecule has 2 aromatic carbocycles. The monoisotopic (exact) mass is 307 g/mol. The van der Waals surface area contributed by atoms with Crippen LogP contribution in [0.1, 0.15) is 23.7 Å². The Labute approximate surface area is 132 Å². The maximum Gasteiger partial charge on any atom is 0.125 e. The van der Waals surface area contributed by atoms with Crippen LogP contribution in [0.5, 0.6) is 5.75 Å². The molecule has 0 saturated carbocycles. The van der Waals surface area contributed by atoms with Crippen molar-refractivity contribution < 1.29 is 9.84 Å². The van der Waals surface area contributed by atoms with Gasteiger partial charge in [-0.3, -0.25) is 0 Å². The van der Waals surface area contributed by atoms with Gasteiger partial charge in [0, 0.05) is 13.0 Å². The SMILES string of the molecule is Cl.NCCC(Oc1cccc(CCO)c1)c1ccccc1. The molecule has 3 nitrogen and oxygen atoms in total. The van der Waals surface area contributed by atoms with Crippen molar-refractivity contribution in [2.75, 3.05) is 13.2 Å². The van der Waals surface area contributed by atoms with Crippen LogP contribution < -0.4 is 10.5 Å². The topological polar surface area (TPSA) is 55.5 Å². The number of aliphatic hydroxyl groups is 1. The van der Waals surface area contributed by atoms with Gasteiger partial charge in [-0.2, -0.15) is 0 Å². The Hall–Kier alpha value is -1.55. The van der Waals surface area contributed by atoms with Crippen LogP contribution in [0.4, 0.5) is 0 Å². The predicted molar refractivity (Wildman–Crippen MR) is 88.0 cm³/mol. The largest absolute Gasteiger partial charge is 0.486 e. The first kappa shape index (κ1) is 17.5. The lowest BCUT2D eigenvalue weighted by atomic mass is 10.1. The molecule has 0 aliphatic carbocycles. The Morgan fingerprint density at radius 1 is 1.05 bits per heavy atom. The average molecular weight is 308 g/mol. The number of nitrogens with two attached hydrogens (primary N) is 1. The Bertz CT molecular complexity index is 519. The molecule has 0 radical (unpaired) electrons. The third-order valence-corrected chi connectivity index (χ3v) is 3.18. The second kappa shape index (κ2) is 9.40. The summed E-state index contributed by atoms with van der Waals surface area (Å²) in [4.78, 5) is 0. The summed E-state index contributed by atoms with van der Waals surface area (Å²) in [6, 6.07) is 18.0. The highest BCUT2D eigenvalue weighted by Crippen LogP contribution is 2.25. The van der Waals surface area contributed by atoms with Crippen molar-refractivity contribution in [3.05, 3.63) is 65.7 Å². The second-order valence-corrected chi connectivity index (χ2v) is 4.72. The molecule has 0 aliphatic heterocycles. The molecule has 0 saturated heterocycles. The molecule has 0 bridgehead atoms. The second-order valence-electron chi connectivity index (χ2n) is 4.72. The quantitative estimate of drug-likeness (QED) is 0.826. The van der Waals surface area contributed by atoms with Crippen LogP contribution in [-0.2, 0) is 6.42 Å². The van der Waals surface area contributed by atoms with E-state index in [-0.39, 0.29) is 25.1 Å². The summed E-state index contributed by atoms with van der Waals surface area (Å²) < 4.78 is 6.07. The zero-order valence-electron chi connectivity index (χ0n) is 11.9. The molecule has 0 amide bonds. The molecular weight excluding hydrogens is 286 g/mol. The highest BCUT2D eigenvalue weighted by molar-refractivity contribution is 5.85. The predicted octanol–water partition coefficient (Wildman–Crippen LogP) is 3.11. The van der Waals surface area contributed by atoms with Crippen molar-refractivity contribution in [3.8, 4) is 5.75 Å². The first-order valence-corrected chi connectivity index (χ1v) is 6.95. The van der Waals surface area contributed by atoms with Crippen LogP contribution in [0.15, 0.2) is 54.6 Å². The molecule has 1 unspecified atom stereocenters. The van der Waals surface area contributed by atoms with Gasteiger partial charge in [-0.15, -0.1) is 12.4 Å². The molecule has 3 N–H and O–H groups in total. The molecule has 2 aromatic rings. The van der Waals surface area contributed by atoms with Gasteiger partial charge >= 0.3 is 0 Å². The van der Waals surface area contributed by atoms with Crippen molar-refractivity contribution in [2.45, 2.75) is 18.9 Å². The molecular formula is C17H22ClNO2. The standard InChI is InChI=1S/C17H21NO2.ClH/c18-11-9-17(15-6-2-1-3-7-15)20-16-8-4-5-14(13-16)10-12-19;/h1-8,13,17,19H,9-12,18H2;1H. The fourth-order valence-electron chi connectivity index (χ4n) is 2.18.